The largest absolute Gasteiger partial charge is 0.385 e. The number of carbonyl (C=O) groups is 1. The van der Waals surface area contributed by atoms with Gasteiger partial charge in [-0.2, -0.15) is 11.8 Å². The number of hydrogen-bond acceptors (Lipinski definition) is 3. The van der Waals surface area contributed by atoms with Crippen LogP contribution >= 0.6 is 11.8 Å². The van der Waals surface area contributed by atoms with Gasteiger partial charge in [-0.05, 0) is 56.2 Å². The van der Waals surface area contributed by atoms with Gasteiger partial charge in [0.1, 0.15) is 0 Å². The number of benzene rings is 1. The number of anilines is 1. The Balaban J connectivity index is 1.86. The minimum absolute atomic E-state index is 0.0544. The summed E-state index contributed by atoms with van der Waals surface area (Å²) in [5.41, 5.74) is 1.83. The van der Waals surface area contributed by atoms with E-state index >= 15 is 0 Å². The normalized spacial score (nSPS) is 21.7. The summed E-state index contributed by atoms with van der Waals surface area (Å²) in [6.07, 6.45) is 6.67. The number of thioether (sulfide) groups is 1. The molecule has 4 heteroatoms. The second-order valence-corrected chi connectivity index (χ2v) is 6.48. The van der Waals surface area contributed by atoms with Crippen molar-refractivity contribution < 1.29 is 4.79 Å². The summed E-state index contributed by atoms with van der Waals surface area (Å²) in [4.78, 5) is 12.2. The summed E-state index contributed by atoms with van der Waals surface area (Å²) in [7, 11) is 0. The Morgan fingerprint density at radius 3 is 2.65 bits per heavy atom. The van der Waals surface area contributed by atoms with Gasteiger partial charge < -0.3 is 10.6 Å². The Bertz CT molecular complexity index is 433. The number of nitrogens with one attached hydrogen (secondary N) is 2. The lowest BCUT2D eigenvalue weighted by molar-refractivity contribution is 0.0938. The third-order valence-electron chi connectivity index (χ3n) is 3.78. The molecule has 0 radical (unpaired) electrons. The van der Waals surface area contributed by atoms with Crippen molar-refractivity contribution in [3.05, 3.63) is 29.8 Å². The molecule has 110 valence electrons. The van der Waals surface area contributed by atoms with Crippen LogP contribution in [0, 0.1) is 0 Å². The first-order chi connectivity index (χ1) is 9.72. The molecule has 1 fully saturated rings. The minimum Gasteiger partial charge on any atom is -0.385 e. The van der Waals surface area contributed by atoms with Crippen molar-refractivity contribution >= 4 is 23.4 Å². The first-order valence-electron chi connectivity index (χ1n) is 7.40. The van der Waals surface area contributed by atoms with Crippen molar-refractivity contribution in [2.24, 2.45) is 0 Å². The Kier molecular flexibility index (Phi) is 5.77. The quantitative estimate of drug-likeness (QED) is 0.843. The highest BCUT2D eigenvalue weighted by molar-refractivity contribution is 7.99. The van der Waals surface area contributed by atoms with Crippen LogP contribution in [0.4, 0.5) is 5.69 Å². The first-order valence-corrected chi connectivity index (χ1v) is 8.69. The van der Waals surface area contributed by atoms with Gasteiger partial charge in [-0.15, -0.1) is 0 Å². The fraction of sp³-hybridized carbons (Fsp3) is 0.562. The van der Waals surface area contributed by atoms with Gasteiger partial charge in [-0.25, -0.2) is 0 Å². The van der Waals surface area contributed by atoms with Crippen molar-refractivity contribution in [2.75, 3.05) is 18.1 Å². The predicted molar refractivity (Wildman–Crippen MR) is 87.6 cm³/mol. The third kappa shape index (κ3) is 4.17. The van der Waals surface area contributed by atoms with E-state index in [4.69, 9.17) is 0 Å². The fourth-order valence-electron chi connectivity index (χ4n) is 2.56. The number of carbonyl (C=O) groups excluding carboxylic acids is 1. The predicted octanol–water partition coefficient (Wildman–Crippen LogP) is 3.52. The highest BCUT2D eigenvalue weighted by atomic mass is 32.2. The van der Waals surface area contributed by atoms with Crippen molar-refractivity contribution in [1.29, 1.82) is 0 Å². The van der Waals surface area contributed by atoms with Gasteiger partial charge in [-0.1, -0.05) is 6.92 Å². The van der Waals surface area contributed by atoms with Crippen molar-refractivity contribution in [2.45, 2.75) is 43.9 Å². The Morgan fingerprint density at radius 1 is 1.30 bits per heavy atom. The van der Waals surface area contributed by atoms with E-state index in [1.165, 1.54) is 6.42 Å². The topological polar surface area (TPSA) is 41.1 Å². The van der Waals surface area contributed by atoms with Crippen LogP contribution in [0.15, 0.2) is 24.3 Å². The summed E-state index contributed by atoms with van der Waals surface area (Å²) >= 11 is 1.91. The Hall–Kier alpha value is -1.16. The van der Waals surface area contributed by atoms with E-state index in [0.717, 1.165) is 37.1 Å². The monoisotopic (exact) mass is 292 g/mol. The standard InChI is InChI=1S/C16H24N2OS/c1-3-10-17-13-6-4-12(5-7-13)16(19)18-14-8-9-15(11-14)20-2/h4-7,14-15,17H,3,8-11H2,1-2H3,(H,18,19). The van der Waals surface area contributed by atoms with Gasteiger partial charge in [0, 0.05) is 29.1 Å². The van der Waals surface area contributed by atoms with Crippen molar-refractivity contribution in [1.82, 2.24) is 5.32 Å². The summed E-state index contributed by atoms with van der Waals surface area (Å²) in [5.74, 6) is 0.0544. The second kappa shape index (κ2) is 7.58. The molecule has 3 nitrogen and oxygen atoms in total. The van der Waals surface area contributed by atoms with Gasteiger partial charge in [0.25, 0.3) is 5.91 Å². The minimum atomic E-state index is 0.0544. The van der Waals surface area contributed by atoms with E-state index in [-0.39, 0.29) is 5.91 Å². The van der Waals surface area contributed by atoms with E-state index in [1.807, 2.05) is 36.0 Å². The van der Waals surface area contributed by atoms with E-state index < -0.39 is 0 Å². The van der Waals surface area contributed by atoms with Crippen molar-refractivity contribution in [3.8, 4) is 0 Å². The molecule has 1 amide bonds. The van der Waals surface area contributed by atoms with E-state index in [9.17, 15) is 4.79 Å². The van der Waals surface area contributed by atoms with Gasteiger partial charge >= 0.3 is 0 Å². The van der Waals surface area contributed by atoms with Crippen LogP contribution in [0.5, 0.6) is 0 Å². The SMILES string of the molecule is CCCNc1ccc(C(=O)NC2CCC(SC)C2)cc1. The molecule has 0 saturated heterocycles. The van der Waals surface area contributed by atoms with Gasteiger partial charge in [0.15, 0.2) is 0 Å². The number of rotatable bonds is 6. The molecule has 1 aliphatic carbocycles. The molecule has 2 N–H and O–H groups in total. The highest BCUT2D eigenvalue weighted by Gasteiger charge is 2.25. The van der Waals surface area contributed by atoms with Crippen LogP contribution in [0.3, 0.4) is 0 Å². The smallest absolute Gasteiger partial charge is 0.251 e. The van der Waals surface area contributed by atoms with Gasteiger partial charge in [0.05, 0.1) is 0 Å². The molecule has 0 heterocycles. The van der Waals surface area contributed by atoms with Crippen LogP contribution in [0.25, 0.3) is 0 Å². The molecule has 0 spiro atoms. The number of hydrogen-bond donors (Lipinski definition) is 2. The molecule has 0 bridgehead atoms. The molecule has 2 unspecified atom stereocenters. The molecule has 1 aromatic rings. The van der Waals surface area contributed by atoms with Crippen LogP contribution < -0.4 is 10.6 Å². The lowest BCUT2D eigenvalue weighted by Gasteiger charge is -2.13. The zero-order chi connectivity index (χ0) is 14.4. The third-order valence-corrected chi connectivity index (χ3v) is 4.87. The molecular weight excluding hydrogens is 268 g/mol. The average molecular weight is 292 g/mol. The molecule has 0 aromatic heterocycles. The molecule has 20 heavy (non-hydrogen) atoms. The van der Waals surface area contributed by atoms with E-state index in [1.54, 1.807) is 0 Å². The van der Waals surface area contributed by atoms with Crippen LogP contribution in [-0.4, -0.2) is 30.0 Å². The average Bonchev–Trinajstić information content (AvgIpc) is 2.93. The molecule has 1 aromatic carbocycles. The first kappa shape index (κ1) is 15.2. The van der Waals surface area contributed by atoms with Crippen LogP contribution in [-0.2, 0) is 0 Å². The summed E-state index contributed by atoms with van der Waals surface area (Å²) < 4.78 is 0. The lowest BCUT2D eigenvalue weighted by atomic mass is 10.1. The molecule has 2 atom stereocenters. The molecule has 1 aliphatic rings. The Labute approximate surface area is 125 Å². The van der Waals surface area contributed by atoms with Crippen LogP contribution in [0.1, 0.15) is 43.0 Å². The van der Waals surface area contributed by atoms with Crippen LogP contribution in [0.2, 0.25) is 0 Å². The second-order valence-electron chi connectivity index (χ2n) is 5.35. The maximum absolute atomic E-state index is 12.2. The van der Waals surface area contributed by atoms with Gasteiger partial charge in [0.2, 0.25) is 0 Å². The zero-order valence-corrected chi connectivity index (χ0v) is 13.1. The molecule has 1 saturated carbocycles. The zero-order valence-electron chi connectivity index (χ0n) is 12.3. The van der Waals surface area contributed by atoms with E-state index in [2.05, 4.69) is 23.8 Å². The maximum atomic E-state index is 12.2. The molecule has 2 rings (SSSR count). The van der Waals surface area contributed by atoms with Crippen molar-refractivity contribution in [3.63, 3.8) is 0 Å². The highest BCUT2D eigenvalue weighted by Crippen LogP contribution is 2.28. The summed E-state index contributed by atoms with van der Waals surface area (Å²) in [6.45, 7) is 3.10. The lowest BCUT2D eigenvalue weighted by Crippen LogP contribution is -2.33. The molecule has 0 aliphatic heterocycles. The summed E-state index contributed by atoms with van der Waals surface area (Å²) in [6, 6.07) is 8.09. The summed E-state index contributed by atoms with van der Waals surface area (Å²) in [5, 5.41) is 7.17. The fourth-order valence-corrected chi connectivity index (χ4v) is 3.36. The van der Waals surface area contributed by atoms with E-state index in [0.29, 0.717) is 11.3 Å². The maximum Gasteiger partial charge on any atom is 0.251 e. The Morgan fingerprint density at radius 2 is 2.05 bits per heavy atom. The number of amides is 1. The van der Waals surface area contributed by atoms with Gasteiger partial charge in [-0.3, -0.25) is 4.79 Å². The molecular formula is C16H24N2OS.